The van der Waals surface area contributed by atoms with E-state index < -0.39 is 0 Å². The molecule has 1 saturated heterocycles. The Bertz CT molecular complexity index is 640. The van der Waals surface area contributed by atoms with Gasteiger partial charge in [-0.15, -0.1) is 0 Å². The van der Waals surface area contributed by atoms with Gasteiger partial charge < -0.3 is 15.0 Å². The average Bonchev–Trinajstić information content (AvgIpc) is 2.66. The van der Waals surface area contributed by atoms with Crippen molar-refractivity contribution >= 4 is 11.8 Å². The molecule has 1 fully saturated rings. The van der Waals surface area contributed by atoms with Crippen LogP contribution in [0.25, 0.3) is 0 Å². The van der Waals surface area contributed by atoms with Crippen molar-refractivity contribution in [3.8, 4) is 5.75 Å². The molecule has 1 aliphatic rings. The van der Waals surface area contributed by atoms with Crippen molar-refractivity contribution in [3.63, 3.8) is 0 Å². The highest BCUT2D eigenvalue weighted by Gasteiger charge is 2.29. The van der Waals surface area contributed by atoms with Gasteiger partial charge in [0.15, 0.2) is 6.61 Å². The number of carbonyl (C=O) groups excluding carboxylic acids is 2. The van der Waals surface area contributed by atoms with Gasteiger partial charge in [0.1, 0.15) is 11.6 Å². The second-order valence-corrected chi connectivity index (χ2v) is 7.56. The quantitative estimate of drug-likeness (QED) is 0.788. The molecule has 1 aliphatic heterocycles. The van der Waals surface area contributed by atoms with E-state index in [1.807, 2.05) is 27.7 Å². The third-order valence-electron chi connectivity index (χ3n) is 5.12. The fourth-order valence-electron chi connectivity index (χ4n) is 2.82. The van der Waals surface area contributed by atoms with Crippen LogP contribution in [0.5, 0.6) is 5.75 Å². The van der Waals surface area contributed by atoms with E-state index in [1.165, 1.54) is 24.3 Å². The van der Waals surface area contributed by atoms with Crippen LogP contribution in [0.15, 0.2) is 24.3 Å². The summed E-state index contributed by atoms with van der Waals surface area (Å²) >= 11 is 0. The fraction of sp³-hybridized carbons (Fsp3) is 0.600. The van der Waals surface area contributed by atoms with Gasteiger partial charge in [-0.05, 0) is 51.5 Å². The molecule has 7 heteroatoms. The van der Waals surface area contributed by atoms with Crippen LogP contribution < -0.4 is 10.1 Å². The maximum Gasteiger partial charge on any atom is 0.260 e. The lowest BCUT2D eigenvalue weighted by molar-refractivity contribution is -0.136. The summed E-state index contributed by atoms with van der Waals surface area (Å²) < 4.78 is 18.3. The molecule has 1 unspecified atom stereocenters. The molecule has 27 heavy (non-hydrogen) atoms. The summed E-state index contributed by atoms with van der Waals surface area (Å²) in [6.45, 7) is 10.3. The Hall–Kier alpha value is -2.15. The summed E-state index contributed by atoms with van der Waals surface area (Å²) in [6, 6.07) is 5.36. The number of halogens is 1. The van der Waals surface area contributed by atoms with E-state index in [2.05, 4.69) is 10.2 Å². The first-order chi connectivity index (χ1) is 12.7. The number of piperazine rings is 1. The van der Waals surface area contributed by atoms with Crippen LogP contribution in [-0.4, -0.2) is 66.0 Å². The first-order valence-corrected chi connectivity index (χ1v) is 9.44. The number of carbonyl (C=O) groups is 2. The molecule has 1 atom stereocenters. The van der Waals surface area contributed by atoms with Crippen LogP contribution in [0, 0.1) is 5.82 Å². The van der Waals surface area contributed by atoms with Gasteiger partial charge >= 0.3 is 0 Å². The molecular weight excluding hydrogens is 349 g/mol. The third kappa shape index (κ3) is 6.20. The molecule has 0 aliphatic carbocycles. The summed E-state index contributed by atoms with van der Waals surface area (Å²) in [6.07, 6.45) is 0.863. The zero-order chi connectivity index (χ0) is 20.0. The molecule has 150 valence electrons. The predicted octanol–water partition coefficient (Wildman–Crippen LogP) is 2.04. The largest absolute Gasteiger partial charge is 0.484 e. The Labute approximate surface area is 160 Å². The van der Waals surface area contributed by atoms with E-state index >= 15 is 0 Å². The zero-order valence-electron chi connectivity index (χ0n) is 16.6. The van der Waals surface area contributed by atoms with E-state index in [0.29, 0.717) is 31.9 Å². The van der Waals surface area contributed by atoms with Crippen LogP contribution in [0.4, 0.5) is 4.39 Å². The van der Waals surface area contributed by atoms with Gasteiger partial charge in [-0.2, -0.15) is 0 Å². The highest BCUT2D eigenvalue weighted by atomic mass is 19.1. The van der Waals surface area contributed by atoms with Gasteiger partial charge in [-0.25, -0.2) is 4.39 Å². The smallest absolute Gasteiger partial charge is 0.260 e. The van der Waals surface area contributed by atoms with Gasteiger partial charge in [0.2, 0.25) is 5.91 Å². The fourth-order valence-corrected chi connectivity index (χ4v) is 2.82. The molecule has 0 saturated carbocycles. The number of nitrogens with zero attached hydrogens (tertiary/aromatic N) is 2. The number of hydrogen-bond donors (Lipinski definition) is 1. The third-order valence-corrected chi connectivity index (χ3v) is 5.12. The van der Waals surface area contributed by atoms with Crippen molar-refractivity contribution in [1.29, 1.82) is 0 Å². The molecular formula is C20H30FN3O3. The lowest BCUT2D eigenvalue weighted by Crippen LogP contribution is -2.57. The molecule has 1 N–H and O–H groups in total. The lowest BCUT2D eigenvalue weighted by Gasteiger charge is -2.38. The standard InChI is InChI=1S/C20H30FN3O3/c1-5-20(3,4)22-19(26)15(2)23-10-12-24(13-11-23)18(25)14-27-17-8-6-16(21)7-9-17/h6-9,15H,5,10-14H2,1-4H3,(H,22,26). The highest BCUT2D eigenvalue weighted by molar-refractivity contribution is 5.82. The first-order valence-electron chi connectivity index (χ1n) is 9.44. The van der Waals surface area contributed by atoms with Gasteiger partial charge in [0.05, 0.1) is 6.04 Å². The monoisotopic (exact) mass is 379 g/mol. The summed E-state index contributed by atoms with van der Waals surface area (Å²) in [5, 5.41) is 3.07. The number of hydrogen-bond acceptors (Lipinski definition) is 4. The second kappa shape index (κ2) is 9.17. The topological polar surface area (TPSA) is 61.9 Å². The van der Waals surface area contributed by atoms with Crippen molar-refractivity contribution in [2.75, 3.05) is 32.8 Å². The van der Waals surface area contributed by atoms with Gasteiger partial charge in [0.25, 0.3) is 5.91 Å². The Morgan fingerprint density at radius 2 is 1.78 bits per heavy atom. The Morgan fingerprint density at radius 3 is 2.33 bits per heavy atom. The first kappa shape index (κ1) is 21.2. The summed E-state index contributed by atoms with van der Waals surface area (Å²) in [4.78, 5) is 28.6. The normalized spacial score (nSPS) is 16.7. The molecule has 0 aromatic heterocycles. The van der Waals surface area contributed by atoms with Crippen LogP contribution in [0.2, 0.25) is 0 Å². The minimum Gasteiger partial charge on any atom is -0.484 e. The number of ether oxygens (including phenoxy) is 1. The molecule has 1 aromatic carbocycles. The maximum absolute atomic E-state index is 12.9. The van der Waals surface area contributed by atoms with E-state index in [1.54, 1.807) is 4.90 Å². The number of amides is 2. The molecule has 0 bridgehead atoms. The van der Waals surface area contributed by atoms with E-state index in [4.69, 9.17) is 4.74 Å². The van der Waals surface area contributed by atoms with E-state index in [9.17, 15) is 14.0 Å². The van der Waals surface area contributed by atoms with E-state index in [0.717, 1.165) is 6.42 Å². The van der Waals surface area contributed by atoms with Crippen molar-refractivity contribution in [1.82, 2.24) is 15.1 Å². The molecule has 0 spiro atoms. The SMILES string of the molecule is CCC(C)(C)NC(=O)C(C)N1CCN(C(=O)COc2ccc(F)cc2)CC1. The molecule has 1 aromatic rings. The average molecular weight is 379 g/mol. The zero-order valence-corrected chi connectivity index (χ0v) is 16.6. The number of benzene rings is 1. The summed E-state index contributed by atoms with van der Waals surface area (Å²) in [5.74, 6) is 0.0296. The lowest BCUT2D eigenvalue weighted by atomic mass is 10.0. The van der Waals surface area contributed by atoms with Crippen molar-refractivity contribution in [2.24, 2.45) is 0 Å². The van der Waals surface area contributed by atoms with Crippen molar-refractivity contribution in [3.05, 3.63) is 30.1 Å². The molecule has 6 nitrogen and oxygen atoms in total. The Kier molecular flexibility index (Phi) is 7.18. The van der Waals surface area contributed by atoms with Crippen LogP contribution in [-0.2, 0) is 9.59 Å². The predicted molar refractivity (Wildman–Crippen MR) is 102 cm³/mol. The van der Waals surface area contributed by atoms with E-state index in [-0.39, 0.29) is 35.8 Å². The van der Waals surface area contributed by atoms with Gasteiger partial charge in [-0.1, -0.05) is 6.92 Å². The molecule has 1 heterocycles. The molecule has 2 rings (SSSR count). The van der Waals surface area contributed by atoms with Crippen LogP contribution in [0.1, 0.15) is 34.1 Å². The maximum atomic E-state index is 12.9. The minimum absolute atomic E-state index is 0.0151. The minimum atomic E-state index is -0.342. The Morgan fingerprint density at radius 1 is 1.19 bits per heavy atom. The Balaban J connectivity index is 1.77. The highest BCUT2D eigenvalue weighted by Crippen LogP contribution is 2.13. The van der Waals surface area contributed by atoms with Crippen LogP contribution in [0.3, 0.4) is 0 Å². The second-order valence-electron chi connectivity index (χ2n) is 7.56. The van der Waals surface area contributed by atoms with Crippen molar-refractivity contribution < 1.29 is 18.7 Å². The number of rotatable bonds is 7. The van der Waals surface area contributed by atoms with Gasteiger partial charge in [0, 0.05) is 31.7 Å². The molecule has 2 amide bonds. The van der Waals surface area contributed by atoms with Crippen molar-refractivity contribution in [2.45, 2.75) is 45.7 Å². The van der Waals surface area contributed by atoms with Crippen LogP contribution >= 0.6 is 0 Å². The number of nitrogens with one attached hydrogen (secondary N) is 1. The summed E-state index contributed by atoms with van der Waals surface area (Å²) in [5.41, 5.74) is -0.221. The molecule has 0 radical (unpaired) electrons. The van der Waals surface area contributed by atoms with Gasteiger partial charge in [-0.3, -0.25) is 14.5 Å². The summed E-state index contributed by atoms with van der Waals surface area (Å²) in [7, 11) is 0.